The van der Waals surface area contributed by atoms with Gasteiger partial charge in [0.05, 0.1) is 11.7 Å². The number of benzene rings is 2. The van der Waals surface area contributed by atoms with E-state index in [1.165, 1.54) is 16.7 Å². The van der Waals surface area contributed by atoms with E-state index in [9.17, 15) is 8.78 Å². The first-order valence-electron chi connectivity index (χ1n) is 10.5. The summed E-state index contributed by atoms with van der Waals surface area (Å²) in [4.78, 5) is 2.03. The number of fused-ring (bicyclic) bond motifs is 1. The van der Waals surface area contributed by atoms with Crippen LogP contribution in [0.1, 0.15) is 48.2 Å². The number of hydrogen-bond acceptors (Lipinski definition) is 4. The molecule has 0 bridgehead atoms. The fourth-order valence-corrected chi connectivity index (χ4v) is 4.20. The molecule has 0 saturated carbocycles. The number of anilines is 2. The van der Waals surface area contributed by atoms with Crippen LogP contribution in [0.25, 0.3) is 10.8 Å². The van der Waals surface area contributed by atoms with Crippen LogP contribution in [0.3, 0.4) is 0 Å². The lowest BCUT2D eigenvalue weighted by molar-refractivity contribution is -0.0220. The monoisotopic (exact) mass is 410 g/mol. The molecule has 1 aromatic heterocycles. The minimum Gasteiger partial charge on any atom is -0.371 e. The van der Waals surface area contributed by atoms with E-state index in [0.717, 1.165) is 22.2 Å². The van der Waals surface area contributed by atoms with Crippen molar-refractivity contribution in [1.29, 1.82) is 0 Å². The summed E-state index contributed by atoms with van der Waals surface area (Å²) in [5.41, 5.74) is 5.54. The van der Waals surface area contributed by atoms with E-state index in [0.29, 0.717) is 18.9 Å². The maximum atomic E-state index is 13.6. The molecule has 6 heteroatoms. The smallest absolute Gasteiger partial charge is 0.251 e. The summed E-state index contributed by atoms with van der Waals surface area (Å²) < 4.78 is 27.1. The number of alkyl halides is 2. The van der Waals surface area contributed by atoms with E-state index in [4.69, 9.17) is 0 Å². The van der Waals surface area contributed by atoms with Crippen molar-refractivity contribution in [2.24, 2.45) is 0 Å². The molecule has 4 nitrogen and oxygen atoms in total. The number of rotatable bonds is 4. The summed E-state index contributed by atoms with van der Waals surface area (Å²) in [5.74, 6) is -1.84. The molecular weight excluding hydrogens is 382 g/mol. The molecule has 1 N–H and O–H groups in total. The fourth-order valence-electron chi connectivity index (χ4n) is 4.20. The highest BCUT2D eigenvalue weighted by Gasteiger charge is 2.34. The van der Waals surface area contributed by atoms with E-state index in [2.05, 4.69) is 60.6 Å². The molecule has 0 spiro atoms. The summed E-state index contributed by atoms with van der Waals surface area (Å²) in [6, 6.07) is 12.4. The predicted octanol–water partition coefficient (Wildman–Crippen LogP) is 5.96. The number of nitrogens with zero attached hydrogens (tertiary/aromatic N) is 3. The van der Waals surface area contributed by atoms with Crippen molar-refractivity contribution in [2.75, 3.05) is 23.3 Å². The van der Waals surface area contributed by atoms with Gasteiger partial charge in [-0.05, 0) is 56.5 Å². The summed E-state index contributed by atoms with van der Waals surface area (Å²) in [6.07, 6.45) is -0.207. The van der Waals surface area contributed by atoms with Crippen molar-refractivity contribution in [3.63, 3.8) is 0 Å². The van der Waals surface area contributed by atoms with Crippen molar-refractivity contribution >= 4 is 22.3 Å². The number of halogens is 2. The number of nitrogens with one attached hydrogen (secondary N) is 1. The molecule has 0 unspecified atom stereocenters. The maximum absolute atomic E-state index is 13.6. The molecule has 3 aromatic rings. The maximum Gasteiger partial charge on any atom is 0.251 e. The van der Waals surface area contributed by atoms with Gasteiger partial charge in [-0.25, -0.2) is 8.78 Å². The Labute approximate surface area is 176 Å². The van der Waals surface area contributed by atoms with Gasteiger partial charge in [-0.1, -0.05) is 24.3 Å². The van der Waals surface area contributed by atoms with Gasteiger partial charge in [-0.3, -0.25) is 0 Å². The quantitative estimate of drug-likeness (QED) is 0.576. The lowest BCUT2D eigenvalue weighted by Crippen LogP contribution is -2.39. The Balaban J connectivity index is 1.68. The fraction of sp³-hybridized carbons (Fsp3) is 0.417. The minimum atomic E-state index is -2.55. The van der Waals surface area contributed by atoms with Gasteiger partial charge in [-0.2, -0.15) is 5.10 Å². The molecule has 1 aliphatic rings. The number of piperidine rings is 1. The van der Waals surface area contributed by atoms with Crippen LogP contribution in [0, 0.1) is 20.8 Å². The van der Waals surface area contributed by atoms with Gasteiger partial charge in [0.25, 0.3) is 5.92 Å². The molecule has 2 heterocycles. The standard InChI is InChI=1S/C24H28F2N4/c1-15-6-5-7-20(16(15)2)17(3)27-23-22-14-19(8-9-21(22)18(4)28-29-23)30-12-10-24(25,26)11-13-30/h5-9,14,17H,10-13H2,1-4H3,(H,27,29)/t17-/m1/s1. The molecule has 1 saturated heterocycles. The lowest BCUT2D eigenvalue weighted by atomic mass is 9.98. The van der Waals surface area contributed by atoms with Crippen LogP contribution in [0.4, 0.5) is 20.3 Å². The topological polar surface area (TPSA) is 41.1 Å². The van der Waals surface area contributed by atoms with Gasteiger partial charge in [-0.15, -0.1) is 5.10 Å². The molecule has 1 aliphatic heterocycles. The number of aromatic nitrogens is 2. The Morgan fingerprint density at radius 2 is 1.73 bits per heavy atom. The molecule has 2 aromatic carbocycles. The van der Waals surface area contributed by atoms with Gasteiger partial charge in [0.1, 0.15) is 0 Å². The largest absolute Gasteiger partial charge is 0.371 e. The van der Waals surface area contributed by atoms with E-state index in [1.54, 1.807) is 0 Å². The van der Waals surface area contributed by atoms with Crippen LogP contribution in [0.5, 0.6) is 0 Å². The Morgan fingerprint density at radius 3 is 2.47 bits per heavy atom. The second-order valence-corrected chi connectivity index (χ2v) is 8.36. The van der Waals surface area contributed by atoms with Crippen molar-refractivity contribution in [1.82, 2.24) is 10.2 Å². The highest BCUT2D eigenvalue weighted by atomic mass is 19.3. The lowest BCUT2D eigenvalue weighted by Gasteiger charge is -2.33. The second-order valence-electron chi connectivity index (χ2n) is 8.36. The zero-order chi connectivity index (χ0) is 21.5. The Hall–Kier alpha value is -2.76. The van der Waals surface area contributed by atoms with Gasteiger partial charge >= 0.3 is 0 Å². The summed E-state index contributed by atoms with van der Waals surface area (Å²) in [5, 5.41) is 14.3. The molecule has 0 amide bonds. The molecule has 0 aliphatic carbocycles. The average Bonchev–Trinajstić information content (AvgIpc) is 2.72. The first-order valence-corrected chi connectivity index (χ1v) is 10.5. The van der Waals surface area contributed by atoms with Crippen LogP contribution in [0.2, 0.25) is 0 Å². The van der Waals surface area contributed by atoms with Crippen molar-refractivity contribution in [3.8, 4) is 0 Å². The zero-order valence-electron chi connectivity index (χ0n) is 18.0. The summed E-state index contributed by atoms with van der Waals surface area (Å²) in [6.45, 7) is 9.02. The van der Waals surface area contributed by atoms with Gasteiger partial charge in [0, 0.05) is 42.4 Å². The van der Waals surface area contributed by atoms with Crippen LogP contribution in [-0.4, -0.2) is 29.2 Å². The van der Waals surface area contributed by atoms with Gasteiger partial charge < -0.3 is 10.2 Å². The Bertz CT molecular complexity index is 1070. The van der Waals surface area contributed by atoms with E-state index >= 15 is 0 Å². The molecule has 1 atom stereocenters. The van der Waals surface area contributed by atoms with Gasteiger partial charge in [0.2, 0.25) is 0 Å². The SMILES string of the molecule is Cc1cccc([C@@H](C)Nc2nnc(C)c3ccc(N4CCC(F)(F)CC4)cc23)c1C. The van der Waals surface area contributed by atoms with Crippen LogP contribution in [0.15, 0.2) is 36.4 Å². The van der Waals surface area contributed by atoms with Crippen molar-refractivity contribution in [3.05, 3.63) is 58.8 Å². The molecule has 4 rings (SSSR count). The van der Waals surface area contributed by atoms with Crippen LogP contribution in [-0.2, 0) is 0 Å². The first kappa shape index (κ1) is 20.5. The molecular formula is C24H28F2N4. The highest BCUT2D eigenvalue weighted by molar-refractivity contribution is 5.95. The van der Waals surface area contributed by atoms with Crippen molar-refractivity contribution in [2.45, 2.75) is 52.5 Å². The number of aryl methyl sites for hydroxylation is 2. The van der Waals surface area contributed by atoms with Gasteiger partial charge in [0.15, 0.2) is 5.82 Å². The minimum absolute atomic E-state index is 0.0578. The average molecular weight is 411 g/mol. The predicted molar refractivity (Wildman–Crippen MR) is 119 cm³/mol. The van der Waals surface area contributed by atoms with E-state index < -0.39 is 5.92 Å². The molecule has 158 valence electrons. The van der Waals surface area contributed by atoms with Crippen LogP contribution < -0.4 is 10.2 Å². The normalized spacial score (nSPS) is 17.2. The third-order valence-electron chi connectivity index (χ3n) is 6.27. The highest BCUT2D eigenvalue weighted by Crippen LogP contribution is 2.34. The third kappa shape index (κ3) is 3.95. The summed E-state index contributed by atoms with van der Waals surface area (Å²) in [7, 11) is 0. The van der Waals surface area contributed by atoms with E-state index in [-0.39, 0.29) is 18.9 Å². The first-order chi connectivity index (χ1) is 14.2. The summed E-state index contributed by atoms with van der Waals surface area (Å²) >= 11 is 0. The van der Waals surface area contributed by atoms with Crippen LogP contribution >= 0.6 is 0 Å². The third-order valence-corrected chi connectivity index (χ3v) is 6.27. The second kappa shape index (κ2) is 7.82. The van der Waals surface area contributed by atoms with Crippen molar-refractivity contribution < 1.29 is 8.78 Å². The molecule has 30 heavy (non-hydrogen) atoms. The molecule has 0 radical (unpaired) electrons. The number of hydrogen-bond donors (Lipinski definition) is 1. The molecule has 1 fully saturated rings. The Kier molecular flexibility index (Phi) is 5.35. The zero-order valence-corrected chi connectivity index (χ0v) is 18.0. The Morgan fingerprint density at radius 1 is 1.00 bits per heavy atom. The van der Waals surface area contributed by atoms with E-state index in [1.807, 2.05) is 24.0 Å².